The van der Waals surface area contributed by atoms with Crippen molar-refractivity contribution >= 4 is 39.1 Å². The Balaban J connectivity index is 2.63. The molecule has 0 N–H and O–H groups in total. The number of nitrogens with zero attached hydrogens (tertiary/aromatic N) is 1. The van der Waals surface area contributed by atoms with Gasteiger partial charge in [-0.1, -0.05) is 47.5 Å². The summed E-state index contributed by atoms with van der Waals surface area (Å²) in [6.07, 6.45) is 1.34. The molecule has 0 fully saturated rings. The average Bonchev–Trinajstić information content (AvgIpc) is 2.48. The third-order valence-electron chi connectivity index (χ3n) is 3.06. The van der Waals surface area contributed by atoms with Gasteiger partial charge in [-0.05, 0) is 42.3 Å². The quantitative estimate of drug-likeness (QED) is 0.756. The van der Waals surface area contributed by atoms with E-state index >= 15 is 0 Å². The minimum Gasteiger partial charge on any atom is -0.218 e. The number of sulfone groups is 1. The van der Waals surface area contributed by atoms with Crippen molar-refractivity contribution in [3.05, 3.63) is 68.5 Å². The molecule has 0 heterocycles. The molecule has 2 aromatic rings. The van der Waals surface area contributed by atoms with E-state index in [1.54, 1.807) is 18.2 Å². The van der Waals surface area contributed by atoms with Crippen molar-refractivity contribution in [2.24, 2.45) is 0 Å². The Morgan fingerprint density at radius 3 is 2.50 bits per heavy atom. The van der Waals surface area contributed by atoms with Crippen LogP contribution >= 0.6 is 23.2 Å². The van der Waals surface area contributed by atoms with Gasteiger partial charge in [0.25, 0.3) is 0 Å². The summed E-state index contributed by atoms with van der Waals surface area (Å²) in [4.78, 5) is -0.561. The highest BCUT2D eigenvalue weighted by molar-refractivity contribution is 7.95. The summed E-state index contributed by atoms with van der Waals surface area (Å²) >= 11 is 11.8. The Labute approximate surface area is 139 Å². The Kier molecular flexibility index (Phi) is 4.92. The van der Waals surface area contributed by atoms with Crippen LogP contribution in [0.2, 0.25) is 10.0 Å². The molecule has 3 nitrogen and oxygen atoms in total. The van der Waals surface area contributed by atoms with Crippen LogP contribution in [0.5, 0.6) is 0 Å². The van der Waals surface area contributed by atoms with Crippen molar-refractivity contribution < 1.29 is 8.42 Å². The minimum absolute atomic E-state index is 0.0235. The van der Waals surface area contributed by atoms with Gasteiger partial charge in [-0.25, -0.2) is 8.42 Å². The first-order chi connectivity index (χ1) is 10.4. The van der Waals surface area contributed by atoms with E-state index in [2.05, 4.69) is 0 Å². The topological polar surface area (TPSA) is 57.9 Å². The number of benzene rings is 2. The molecule has 0 aromatic heterocycles. The summed E-state index contributed by atoms with van der Waals surface area (Å²) in [5.74, 6) is 0. The Hall–Kier alpha value is -1.80. The summed E-state index contributed by atoms with van der Waals surface area (Å²) in [7, 11) is -4.04. The summed E-state index contributed by atoms with van der Waals surface area (Å²) in [5.41, 5.74) is 1.52. The molecule has 22 heavy (non-hydrogen) atoms. The first-order valence-electron chi connectivity index (χ1n) is 6.24. The lowest BCUT2D eigenvalue weighted by Crippen LogP contribution is -2.04. The third-order valence-corrected chi connectivity index (χ3v) is 5.44. The fourth-order valence-electron chi connectivity index (χ4n) is 1.86. The van der Waals surface area contributed by atoms with E-state index < -0.39 is 9.84 Å². The van der Waals surface area contributed by atoms with Crippen LogP contribution in [0, 0.1) is 18.3 Å². The lowest BCUT2D eigenvalue weighted by atomic mass is 10.1. The van der Waals surface area contributed by atoms with E-state index in [1.807, 2.05) is 19.1 Å². The van der Waals surface area contributed by atoms with Crippen molar-refractivity contribution in [2.75, 3.05) is 0 Å². The highest BCUT2D eigenvalue weighted by atomic mass is 35.5. The SMILES string of the molecule is Cc1ccccc1C=C(C#N)S(=O)(=O)c1cc(Cl)ccc1Cl. The molecule has 0 aliphatic rings. The molecule has 112 valence electrons. The molecule has 6 heteroatoms. The fourth-order valence-corrected chi connectivity index (χ4v) is 3.77. The zero-order chi connectivity index (χ0) is 16.3. The molecule has 0 saturated carbocycles. The zero-order valence-corrected chi connectivity index (χ0v) is 13.9. The van der Waals surface area contributed by atoms with Gasteiger partial charge in [-0.2, -0.15) is 5.26 Å². The van der Waals surface area contributed by atoms with Crippen LogP contribution in [0.15, 0.2) is 52.3 Å². The predicted octanol–water partition coefficient (Wildman–Crippen LogP) is 4.64. The molecule has 0 atom stereocenters. The number of halogens is 2. The fraction of sp³-hybridized carbons (Fsp3) is 0.0625. The van der Waals surface area contributed by atoms with E-state index in [0.29, 0.717) is 5.56 Å². The minimum atomic E-state index is -4.04. The standard InChI is InChI=1S/C16H11Cl2NO2S/c1-11-4-2-3-5-12(11)8-14(10-19)22(20,21)16-9-13(17)6-7-15(16)18/h2-9H,1H3. The van der Waals surface area contributed by atoms with Crippen molar-refractivity contribution in [1.29, 1.82) is 5.26 Å². The highest BCUT2D eigenvalue weighted by Gasteiger charge is 2.24. The molecule has 0 aliphatic heterocycles. The van der Waals surface area contributed by atoms with Gasteiger partial charge in [0, 0.05) is 5.02 Å². The highest BCUT2D eigenvalue weighted by Crippen LogP contribution is 2.30. The van der Waals surface area contributed by atoms with Gasteiger partial charge in [0.05, 0.1) is 9.92 Å². The predicted molar refractivity (Wildman–Crippen MR) is 88.4 cm³/mol. The first kappa shape index (κ1) is 16.6. The molecule has 0 aliphatic carbocycles. The Bertz CT molecular complexity index is 897. The molecule has 0 amide bonds. The van der Waals surface area contributed by atoms with E-state index in [1.165, 1.54) is 24.3 Å². The third kappa shape index (κ3) is 3.33. The Morgan fingerprint density at radius 1 is 1.18 bits per heavy atom. The van der Waals surface area contributed by atoms with Crippen LogP contribution in [-0.2, 0) is 9.84 Å². The van der Waals surface area contributed by atoms with Gasteiger partial charge in [0.15, 0.2) is 0 Å². The van der Waals surface area contributed by atoms with Gasteiger partial charge < -0.3 is 0 Å². The van der Waals surface area contributed by atoms with Gasteiger partial charge in [0.2, 0.25) is 9.84 Å². The molecule has 2 rings (SSSR count). The van der Waals surface area contributed by atoms with E-state index in [0.717, 1.165) is 5.56 Å². The van der Waals surface area contributed by atoms with E-state index in [4.69, 9.17) is 23.2 Å². The normalized spacial score (nSPS) is 12.0. The zero-order valence-electron chi connectivity index (χ0n) is 11.5. The molecular weight excluding hydrogens is 341 g/mol. The van der Waals surface area contributed by atoms with E-state index in [9.17, 15) is 13.7 Å². The second kappa shape index (κ2) is 6.53. The van der Waals surface area contributed by atoms with Crippen molar-refractivity contribution in [3.8, 4) is 6.07 Å². The molecular formula is C16H11Cl2NO2S. The monoisotopic (exact) mass is 351 g/mol. The summed E-state index contributed by atoms with van der Waals surface area (Å²) in [5, 5.41) is 9.52. The maximum atomic E-state index is 12.6. The molecule has 0 unspecified atom stereocenters. The lowest BCUT2D eigenvalue weighted by Gasteiger charge is -2.07. The number of rotatable bonds is 3. The first-order valence-corrected chi connectivity index (χ1v) is 8.47. The van der Waals surface area contributed by atoms with E-state index in [-0.39, 0.29) is 19.8 Å². The number of hydrogen-bond acceptors (Lipinski definition) is 3. The number of hydrogen-bond donors (Lipinski definition) is 0. The number of aryl methyl sites for hydroxylation is 1. The van der Waals surface area contributed by atoms with Crippen LogP contribution in [0.25, 0.3) is 6.08 Å². The van der Waals surface area contributed by atoms with Gasteiger partial charge >= 0.3 is 0 Å². The maximum absolute atomic E-state index is 12.6. The maximum Gasteiger partial charge on any atom is 0.218 e. The lowest BCUT2D eigenvalue weighted by molar-refractivity contribution is 0.603. The van der Waals surface area contributed by atoms with Crippen LogP contribution < -0.4 is 0 Å². The van der Waals surface area contributed by atoms with Gasteiger partial charge in [-0.15, -0.1) is 0 Å². The molecule has 0 saturated heterocycles. The number of allylic oxidation sites excluding steroid dienone is 1. The average molecular weight is 352 g/mol. The summed E-state index contributed by atoms with van der Waals surface area (Å²) < 4.78 is 25.2. The van der Waals surface area contributed by atoms with Crippen molar-refractivity contribution in [3.63, 3.8) is 0 Å². The second-order valence-electron chi connectivity index (χ2n) is 4.56. The number of nitriles is 1. The molecule has 2 aromatic carbocycles. The molecule has 0 bridgehead atoms. The molecule has 0 radical (unpaired) electrons. The van der Waals surface area contributed by atoms with Crippen LogP contribution in [-0.4, -0.2) is 8.42 Å². The summed E-state index contributed by atoms with van der Waals surface area (Å²) in [6, 6.07) is 13.0. The van der Waals surface area contributed by atoms with Crippen molar-refractivity contribution in [2.45, 2.75) is 11.8 Å². The largest absolute Gasteiger partial charge is 0.218 e. The van der Waals surface area contributed by atoms with Crippen LogP contribution in [0.1, 0.15) is 11.1 Å². The van der Waals surface area contributed by atoms with Crippen LogP contribution in [0.4, 0.5) is 0 Å². The van der Waals surface area contributed by atoms with Crippen molar-refractivity contribution in [1.82, 2.24) is 0 Å². The summed E-state index contributed by atoms with van der Waals surface area (Å²) in [6.45, 7) is 1.83. The van der Waals surface area contributed by atoms with Gasteiger partial charge in [0.1, 0.15) is 11.0 Å². The smallest absolute Gasteiger partial charge is 0.218 e. The van der Waals surface area contributed by atoms with Crippen LogP contribution in [0.3, 0.4) is 0 Å². The molecule has 0 spiro atoms. The Morgan fingerprint density at radius 2 is 1.86 bits per heavy atom. The van der Waals surface area contributed by atoms with Gasteiger partial charge in [-0.3, -0.25) is 0 Å². The second-order valence-corrected chi connectivity index (χ2v) is 7.29.